The van der Waals surface area contributed by atoms with Gasteiger partial charge in [-0.3, -0.25) is 4.79 Å². The first-order valence-electron chi connectivity index (χ1n) is 5.84. The number of rotatable bonds is 5. The summed E-state index contributed by atoms with van der Waals surface area (Å²) in [7, 11) is 0. The molecule has 6 heteroatoms. The van der Waals surface area contributed by atoms with Crippen molar-refractivity contribution in [2.75, 3.05) is 18.5 Å². The van der Waals surface area contributed by atoms with Crippen LogP contribution in [0.1, 0.15) is 34.6 Å². The van der Waals surface area contributed by atoms with Gasteiger partial charge in [-0.15, -0.1) is 11.3 Å². The van der Waals surface area contributed by atoms with Crippen LogP contribution in [0.3, 0.4) is 0 Å². The van der Waals surface area contributed by atoms with Gasteiger partial charge >= 0.3 is 5.97 Å². The van der Waals surface area contributed by atoms with Crippen molar-refractivity contribution in [2.24, 2.45) is 5.73 Å². The van der Waals surface area contributed by atoms with E-state index in [-0.39, 0.29) is 12.5 Å². The first-order valence-corrected chi connectivity index (χ1v) is 6.66. The molecule has 0 bridgehead atoms. The molecule has 1 amide bonds. The molecule has 5 nitrogen and oxygen atoms in total. The number of amides is 1. The highest BCUT2D eigenvalue weighted by molar-refractivity contribution is 7.16. The van der Waals surface area contributed by atoms with Crippen molar-refractivity contribution >= 4 is 28.2 Å². The Morgan fingerprint density at radius 2 is 2.06 bits per heavy atom. The van der Waals surface area contributed by atoms with Crippen LogP contribution in [-0.4, -0.2) is 25.0 Å². The van der Waals surface area contributed by atoms with Crippen molar-refractivity contribution in [2.45, 2.75) is 27.2 Å². The highest BCUT2D eigenvalue weighted by Crippen LogP contribution is 2.33. The maximum absolute atomic E-state index is 11.9. The molecule has 0 radical (unpaired) electrons. The van der Waals surface area contributed by atoms with Crippen LogP contribution in [0.4, 0.5) is 5.00 Å². The third kappa shape index (κ3) is 3.08. The fourth-order valence-electron chi connectivity index (χ4n) is 1.69. The van der Waals surface area contributed by atoms with E-state index >= 15 is 0 Å². The molecule has 0 aromatic carbocycles. The molecule has 1 aromatic heterocycles. The van der Waals surface area contributed by atoms with Gasteiger partial charge in [-0.25, -0.2) is 4.79 Å². The minimum atomic E-state index is -0.397. The Morgan fingerprint density at radius 3 is 2.56 bits per heavy atom. The largest absolute Gasteiger partial charge is 0.462 e. The lowest BCUT2D eigenvalue weighted by Crippen LogP contribution is -2.22. The lowest BCUT2D eigenvalue weighted by molar-refractivity contribution is -0.114. The van der Waals surface area contributed by atoms with E-state index in [0.29, 0.717) is 17.2 Å². The highest BCUT2D eigenvalue weighted by Gasteiger charge is 2.22. The van der Waals surface area contributed by atoms with Crippen molar-refractivity contribution in [3.8, 4) is 0 Å². The molecule has 0 saturated carbocycles. The number of nitrogens with two attached hydrogens (primary N) is 1. The zero-order chi connectivity index (χ0) is 13.7. The van der Waals surface area contributed by atoms with Crippen LogP contribution in [0, 0.1) is 6.92 Å². The standard InChI is InChI=1S/C12H18N2O3S/c1-4-8-7(3)18-11(14-9(15)6-13)10(8)12(16)17-5-2/h4-6,13H2,1-3H3,(H,14,15). The average Bonchev–Trinajstić information content (AvgIpc) is 2.65. The second kappa shape index (κ2) is 6.51. The average molecular weight is 270 g/mol. The Morgan fingerprint density at radius 1 is 1.39 bits per heavy atom. The molecule has 1 aromatic rings. The Bertz CT molecular complexity index is 454. The van der Waals surface area contributed by atoms with Crippen molar-refractivity contribution in [1.82, 2.24) is 0 Å². The van der Waals surface area contributed by atoms with Crippen LogP contribution in [0.2, 0.25) is 0 Å². The van der Waals surface area contributed by atoms with Crippen LogP contribution < -0.4 is 11.1 Å². The Labute approximate surface area is 110 Å². The topological polar surface area (TPSA) is 81.4 Å². The molecule has 0 aliphatic rings. The van der Waals surface area contributed by atoms with Crippen LogP contribution in [0.25, 0.3) is 0 Å². The summed E-state index contributed by atoms with van der Waals surface area (Å²) in [4.78, 5) is 24.3. The van der Waals surface area contributed by atoms with E-state index in [1.165, 1.54) is 11.3 Å². The zero-order valence-electron chi connectivity index (χ0n) is 10.8. The molecular formula is C12H18N2O3S. The van der Waals surface area contributed by atoms with Gasteiger partial charge in [0.2, 0.25) is 5.91 Å². The summed E-state index contributed by atoms with van der Waals surface area (Å²) in [6.45, 7) is 5.83. The van der Waals surface area contributed by atoms with Crippen molar-refractivity contribution in [3.63, 3.8) is 0 Å². The predicted octanol–water partition coefficient (Wildman–Crippen LogP) is 1.69. The van der Waals surface area contributed by atoms with E-state index in [4.69, 9.17) is 10.5 Å². The molecule has 100 valence electrons. The number of carbonyl (C=O) groups excluding carboxylic acids is 2. The SMILES string of the molecule is CCOC(=O)c1c(NC(=O)CN)sc(C)c1CC. The Kier molecular flexibility index (Phi) is 5.30. The molecule has 0 saturated heterocycles. The summed E-state index contributed by atoms with van der Waals surface area (Å²) in [5.41, 5.74) is 6.64. The van der Waals surface area contributed by atoms with Crippen molar-refractivity contribution in [3.05, 3.63) is 16.0 Å². The van der Waals surface area contributed by atoms with E-state index in [2.05, 4.69) is 5.32 Å². The van der Waals surface area contributed by atoms with Gasteiger partial charge in [0.25, 0.3) is 0 Å². The van der Waals surface area contributed by atoms with Gasteiger partial charge in [0.15, 0.2) is 0 Å². The summed E-state index contributed by atoms with van der Waals surface area (Å²) in [6.07, 6.45) is 0.717. The maximum atomic E-state index is 11.9. The molecule has 0 aliphatic carbocycles. The Hall–Kier alpha value is -1.40. The first-order chi connectivity index (χ1) is 8.54. The lowest BCUT2D eigenvalue weighted by atomic mass is 10.1. The molecule has 3 N–H and O–H groups in total. The number of nitrogens with one attached hydrogen (secondary N) is 1. The number of thiophene rings is 1. The molecule has 0 unspecified atom stereocenters. The molecule has 0 fully saturated rings. The second-order valence-electron chi connectivity index (χ2n) is 3.67. The molecule has 0 atom stereocenters. The van der Waals surface area contributed by atoms with E-state index < -0.39 is 5.97 Å². The van der Waals surface area contributed by atoms with E-state index in [9.17, 15) is 9.59 Å². The van der Waals surface area contributed by atoms with Crippen molar-refractivity contribution in [1.29, 1.82) is 0 Å². The number of carbonyl (C=O) groups is 2. The van der Waals surface area contributed by atoms with Crippen molar-refractivity contribution < 1.29 is 14.3 Å². The van der Waals surface area contributed by atoms with Gasteiger partial charge in [0.1, 0.15) is 5.00 Å². The number of anilines is 1. The molecule has 0 aliphatic heterocycles. The maximum Gasteiger partial charge on any atom is 0.341 e. The molecule has 0 spiro atoms. The third-order valence-electron chi connectivity index (χ3n) is 2.48. The molecule has 18 heavy (non-hydrogen) atoms. The van der Waals surface area contributed by atoms with Crippen LogP contribution in [0.15, 0.2) is 0 Å². The van der Waals surface area contributed by atoms with Crippen LogP contribution in [0.5, 0.6) is 0 Å². The monoisotopic (exact) mass is 270 g/mol. The third-order valence-corrected chi connectivity index (χ3v) is 3.54. The minimum Gasteiger partial charge on any atom is -0.462 e. The number of hydrogen-bond donors (Lipinski definition) is 2. The first kappa shape index (κ1) is 14.7. The van der Waals surface area contributed by atoms with Gasteiger partial charge in [0, 0.05) is 4.88 Å². The van der Waals surface area contributed by atoms with E-state index in [0.717, 1.165) is 16.9 Å². The number of hydrogen-bond acceptors (Lipinski definition) is 5. The normalized spacial score (nSPS) is 10.2. The smallest absolute Gasteiger partial charge is 0.341 e. The minimum absolute atomic E-state index is 0.110. The van der Waals surface area contributed by atoms with Gasteiger partial charge in [-0.2, -0.15) is 0 Å². The fourth-order valence-corrected chi connectivity index (χ4v) is 2.84. The van der Waals surface area contributed by atoms with Crippen LogP contribution >= 0.6 is 11.3 Å². The number of aryl methyl sites for hydroxylation is 1. The fraction of sp³-hybridized carbons (Fsp3) is 0.500. The summed E-state index contributed by atoms with van der Waals surface area (Å²) in [5, 5.41) is 3.17. The van der Waals surface area contributed by atoms with Gasteiger partial charge in [0.05, 0.1) is 18.7 Å². The van der Waals surface area contributed by atoms with Gasteiger partial charge < -0.3 is 15.8 Å². The van der Waals surface area contributed by atoms with Gasteiger partial charge in [-0.05, 0) is 25.8 Å². The summed E-state index contributed by atoms with van der Waals surface area (Å²) >= 11 is 1.38. The highest BCUT2D eigenvalue weighted by atomic mass is 32.1. The summed E-state index contributed by atoms with van der Waals surface area (Å²) < 4.78 is 5.02. The van der Waals surface area contributed by atoms with E-state index in [1.807, 2.05) is 13.8 Å². The predicted molar refractivity (Wildman–Crippen MR) is 72.1 cm³/mol. The number of esters is 1. The molecule has 1 rings (SSSR count). The van der Waals surface area contributed by atoms with E-state index in [1.54, 1.807) is 6.92 Å². The summed E-state index contributed by atoms with van der Waals surface area (Å²) in [6, 6.07) is 0. The second-order valence-corrected chi connectivity index (χ2v) is 4.89. The Balaban J connectivity index is 3.16. The van der Waals surface area contributed by atoms with Gasteiger partial charge in [-0.1, -0.05) is 6.92 Å². The lowest BCUT2D eigenvalue weighted by Gasteiger charge is -2.07. The number of ether oxygens (including phenoxy) is 1. The quantitative estimate of drug-likeness (QED) is 0.798. The molecular weight excluding hydrogens is 252 g/mol. The summed E-state index contributed by atoms with van der Waals surface area (Å²) in [5.74, 6) is -0.713. The molecule has 1 heterocycles. The van der Waals surface area contributed by atoms with Crippen LogP contribution in [-0.2, 0) is 16.0 Å². The zero-order valence-corrected chi connectivity index (χ0v) is 11.6.